The van der Waals surface area contributed by atoms with Crippen LogP contribution in [0.5, 0.6) is 0 Å². The molecule has 0 spiro atoms. The molecule has 0 aliphatic heterocycles. The van der Waals surface area contributed by atoms with Crippen molar-refractivity contribution in [3.05, 3.63) is 40.7 Å². The second-order valence-electron chi connectivity index (χ2n) is 3.57. The van der Waals surface area contributed by atoms with Crippen molar-refractivity contribution in [3.8, 4) is 0 Å². The fraction of sp³-hybridized carbons (Fsp3) is 0.182. The van der Waals surface area contributed by atoms with Crippen LogP contribution in [-0.4, -0.2) is 15.0 Å². The van der Waals surface area contributed by atoms with Crippen LogP contribution in [0.25, 0.3) is 0 Å². The van der Waals surface area contributed by atoms with Crippen molar-refractivity contribution in [3.63, 3.8) is 0 Å². The minimum atomic E-state index is 0.0878. The van der Waals surface area contributed by atoms with Crippen LogP contribution in [0.2, 0.25) is 5.28 Å². The molecule has 0 unspecified atom stereocenters. The Hall–Kier alpha value is -1.88. The van der Waals surface area contributed by atoms with Gasteiger partial charge in [-0.25, -0.2) is 0 Å². The van der Waals surface area contributed by atoms with E-state index in [0.717, 1.165) is 0 Å². The van der Waals surface area contributed by atoms with Crippen molar-refractivity contribution in [2.45, 2.75) is 13.5 Å². The summed E-state index contributed by atoms with van der Waals surface area (Å²) in [4.78, 5) is 11.6. The number of nitrogens with zero attached hydrogens (tertiary/aromatic N) is 3. The molecule has 17 heavy (non-hydrogen) atoms. The minimum Gasteiger partial charge on any atom is -0.368 e. The van der Waals surface area contributed by atoms with E-state index in [0.29, 0.717) is 12.5 Å². The Balaban J connectivity index is 2.10. The summed E-state index contributed by atoms with van der Waals surface area (Å²) >= 11 is 5.68. The van der Waals surface area contributed by atoms with Crippen molar-refractivity contribution in [2.75, 3.05) is 11.1 Å². The highest BCUT2D eigenvalue weighted by atomic mass is 35.5. The summed E-state index contributed by atoms with van der Waals surface area (Å²) < 4.78 is 0. The van der Waals surface area contributed by atoms with Gasteiger partial charge < -0.3 is 11.1 Å². The third-order valence-corrected chi connectivity index (χ3v) is 2.49. The maximum absolute atomic E-state index is 5.68. The van der Waals surface area contributed by atoms with Crippen molar-refractivity contribution < 1.29 is 0 Å². The summed E-state index contributed by atoms with van der Waals surface area (Å²) in [5.41, 5.74) is 7.84. The number of aryl methyl sites for hydroxylation is 1. The third kappa shape index (κ3) is 3.04. The second-order valence-corrected chi connectivity index (χ2v) is 3.90. The first-order chi connectivity index (χ1) is 8.15. The smallest absolute Gasteiger partial charge is 0.229 e. The molecule has 88 valence electrons. The van der Waals surface area contributed by atoms with E-state index in [4.69, 9.17) is 17.3 Å². The molecule has 1 aromatic heterocycles. The van der Waals surface area contributed by atoms with Gasteiger partial charge in [-0.15, -0.1) is 0 Å². The number of aromatic nitrogens is 3. The number of halogens is 1. The van der Waals surface area contributed by atoms with Crippen LogP contribution in [0.15, 0.2) is 24.3 Å². The molecule has 3 N–H and O–H groups in total. The maximum Gasteiger partial charge on any atom is 0.229 e. The highest BCUT2D eigenvalue weighted by molar-refractivity contribution is 6.28. The van der Waals surface area contributed by atoms with Gasteiger partial charge in [0.05, 0.1) is 0 Å². The van der Waals surface area contributed by atoms with Crippen molar-refractivity contribution in [1.82, 2.24) is 15.0 Å². The molecule has 1 heterocycles. The Morgan fingerprint density at radius 3 is 2.71 bits per heavy atom. The normalized spacial score (nSPS) is 10.2. The number of nitrogens with one attached hydrogen (secondary N) is 1. The van der Waals surface area contributed by atoms with E-state index in [1.54, 1.807) is 0 Å². The Morgan fingerprint density at radius 2 is 2.00 bits per heavy atom. The van der Waals surface area contributed by atoms with E-state index >= 15 is 0 Å². The van der Waals surface area contributed by atoms with E-state index < -0.39 is 0 Å². The lowest BCUT2D eigenvalue weighted by Crippen LogP contribution is -2.07. The van der Waals surface area contributed by atoms with E-state index in [9.17, 15) is 0 Å². The van der Waals surface area contributed by atoms with Gasteiger partial charge in [0.2, 0.25) is 17.2 Å². The molecule has 2 rings (SSSR count). The van der Waals surface area contributed by atoms with Crippen LogP contribution in [0.4, 0.5) is 11.9 Å². The van der Waals surface area contributed by atoms with Gasteiger partial charge in [0.1, 0.15) is 0 Å². The molecule has 1 aromatic carbocycles. The SMILES string of the molecule is Cc1ccccc1CNc1nc(N)nc(Cl)n1. The highest BCUT2D eigenvalue weighted by Crippen LogP contribution is 2.11. The number of nitrogens with two attached hydrogens (primary N) is 1. The lowest BCUT2D eigenvalue weighted by molar-refractivity contribution is 1.01. The first kappa shape index (κ1) is 11.6. The average molecular weight is 250 g/mol. The molecular weight excluding hydrogens is 238 g/mol. The summed E-state index contributed by atoms with van der Waals surface area (Å²) in [7, 11) is 0. The number of nitrogen functional groups attached to an aromatic ring is 1. The standard InChI is InChI=1S/C11H12ClN5/c1-7-4-2-3-5-8(7)6-14-11-16-9(12)15-10(13)17-11/h2-5H,6H2,1H3,(H3,13,14,15,16,17). The van der Waals surface area contributed by atoms with E-state index in [1.165, 1.54) is 11.1 Å². The Bertz CT molecular complexity index is 509. The van der Waals surface area contributed by atoms with Crippen LogP contribution in [0.3, 0.4) is 0 Å². The monoisotopic (exact) mass is 249 g/mol. The maximum atomic E-state index is 5.68. The fourth-order valence-electron chi connectivity index (χ4n) is 1.43. The van der Waals surface area contributed by atoms with E-state index in [1.807, 2.05) is 31.2 Å². The minimum absolute atomic E-state index is 0.0878. The molecule has 0 aliphatic rings. The molecular formula is C11H12ClN5. The Labute approximate surface area is 104 Å². The number of anilines is 2. The van der Waals surface area contributed by atoms with Gasteiger partial charge in [-0.2, -0.15) is 15.0 Å². The molecule has 0 saturated heterocycles. The second kappa shape index (κ2) is 4.97. The van der Waals surface area contributed by atoms with E-state index in [2.05, 4.69) is 20.3 Å². The molecule has 6 heteroatoms. The van der Waals surface area contributed by atoms with Gasteiger partial charge in [0, 0.05) is 6.54 Å². The summed E-state index contributed by atoms with van der Waals surface area (Å²) in [6.07, 6.45) is 0. The molecule has 2 aromatic rings. The largest absolute Gasteiger partial charge is 0.368 e. The van der Waals surface area contributed by atoms with Crippen LogP contribution < -0.4 is 11.1 Å². The predicted octanol–water partition coefficient (Wildman–Crippen LogP) is 2.03. The van der Waals surface area contributed by atoms with Crippen LogP contribution >= 0.6 is 11.6 Å². The number of benzene rings is 1. The lowest BCUT2D eigenvalue weighted by atomic mass is 10.1. The van der Waals surface area contributed by atoms with E-state index in [-0.39, 0.29) is 11.2 Å². The zero-order valence-electron chi connectivity index (χ0n) is 9.31. The number of hydrogen-bond acceptors (Lipinski definition) is 5. The molecule has 0 amide bonds. The molecule has 0 aliphatic carbocycles. The van der Waals surface area contributed by atoms with Crippen molar-refractivity contribution in [1.29, 1.82) is 0 Å². The molecule has 0 atom stereocenters. The summed E-state index contributed by atoms with van der Waals surface area (Å²) in [5, 5.41) is 3.14. The number of hydrogen-bond donors (Lipinski definition) is 2. The van der Waals surface area contributed by atoms with Crippen LogP contribution in [0, 0.1) is 6.92 Å². The van der Waals surface area contributed by atoms with Crippen LogP contribution in [-0.2, 0) is 6.54 Å². The summed E-state index contributed by atoms with van der Waals surface area (Å²) in [6, 6.07) is 8.07. The quantitative estimate of drug-likeness (QED) is 0.870. The lowest BCUT2D eigenvalue weighted by Gasteiger charge is -2.07. The molecule has 0 bridgehead atoms. The van der Waals surface area contributed by atoms with Gasteiger partial charge in [0.15, 0.2) is 0 Å². The van der Waals surface area contributed by atoms with Crippen molar-refractivity contribution >= 4 is 23.5 Å². The Kier molecular flexibility index (Phi) is 3.39. The Morgan fingerprint density at radius 1 is 1.24 bits per heavy atom. The fourth-order valence-corrected chi connectivity index (χ4v) is 1.59. The molecule has 0 fully saturated rings. The summed E-state index contributed by atoms with van der Waals surface area (Å²) in [5.74, 6) is 0.489. The molecule has 0 radical (unpaired) electrons. The first-order valence-corrected chi connectivity index (χ1v) is 5.48. The first-order valence-electron chi connectivity index (χ1n) is 5.10. The zero-order valence-corrected chi connectivity index (χ0v) is 10.1. The van der Waals surface area contributed by atoms with Gasteiger partial charge >= 0.3 is 0 Å². The van der Waals surface area contributed by atoms with Gasteiger partial charge in [-0.3, -0.25) is 0 Å². The molecule has 0 saturated carbocycles. The third-order valence-electron chi connectivity index (χ3n) is 2.32. The van der Waals surface area contributed by atoms with Crippen molar-refractivity contribution in [2.24, 2.45) is 0 Å². The van der Waals surface area contributed by atoms with Gasteiger partial charge in [-0.1, -0.05) is 24.3 Å². The zero-order chi connectivity index (χ0) is 12.3. The predicted molar refractivity (Wildman–Crippen MR) is 67.8 cm³/mol. The average Bonchev–Trinajstić information content (AvgIpc) is 2.27. The molecule has 5 nitrogen and oxygen atoms in total. The summed E-state index contributed by atoms with van der Waals surface area (Å²) in [6.45, 7) is 2.66. The number of rotatable bonds is 3. The van der Waals surface area contributed by atoms with Crippen LogP contribution in [0.1, 0.15) is 11.1 Å². The van der Waals surface area contributed by atoms with Gasteiger partial charge in [0.25, 0.3) is 0 Å². The van der Waals surface area contributed by atoms with Gasteiger partial charge in [-0.05, 0) is 29.7 Å². The highest BCUT2D eigenvalue weighted by Gasteiger charge is 2.02. The topological polar surface area (TPSA) is 76.7 Å².